The molecule has 3 atom stereocenters. The molecule has 1 rings (SSSR count). The monoisotopic (exact) mass is 208 g/mol. The molecule has 0 amide bonds. The van der Waals surface area contributed by atoms with Crippen molar-refractivity contribution in [2.45, 2.75) is 47.1 Å². The van der Waals surface area contributed by atoms with E-state index in [4.69, 9.17) is 0 Å². The molecule has 1 aliphatic rings. The van der Waals surface area contributed by atoms with Gasteiger partial charge in [0, 0.05) is 5.92 Å². The third-order valence-electron chi connectivity index (χ3n) is 3.94. The van der Waals surface area contributed by atoms with Gasteiger partial charge in [-0.05, 0) is 31.6 Å². The van der Waals surface area contributed by atoms with Crippen molar-refractivity contribution in [1.29, 1.82) is 0 Å². The van der Waals surface area contributed by atoms with Crippen molar-refractivity contribution in [3.05, 3.63) is 23.8 Å². The molecule has 0 saturated heterocycles. The predicted molar refractivity (Wildman–Crippen MR) is 65.6 cm³/mol. The number of aliphatic hydroxyl groups is 1. The highest BCUT2D eigenvalue weighted by atomic mass is 16.3. The van der Waals surface area contributed by atoms with E-state index in [1.165, 1.54) is 12.0 Å². The van der Waals surface area contributed by atoms with Crippen molar-refractivity contribution in [1.82, 2.24) is 0 Å². The lowest BCUT2D eigenvalue weighted by Gasteiger charge is -2.42. The van der Waals surface area contributed by atoms with Crippen molar-refractivity contribution in [3.8, 4) is 0 Å². The molecule has 0 aromatic heterocycles. The maximum atomic E-state index is 9.30. The Bertz CT molecular complexity index is 271. The van der Waals surface area contributed by atoms with Crippen LogP contribution in [0.15, 0.2) is 23.8 Å². The van der Waals surface area contributed by atoms with Crippen LogP contribution in [0.2, 0.25) is 0 Å². The number of hydrogen-bond acceptors (Lipinski definition) is 1. The quantitative estimate of drug-likeness (QED) is 0.688. The van der Waals surface area contributed by atoms with E-state index in [-0.39, 0.29) is 6.10 Å². The number of hydrogen-bond donors (Lipinski definition) is 1. The zero-order valence-electron chi connectivity index (χ0n) is 10.6. The van der Waals surface area contributed by atoms with Gasteiger partial charge in [0.25, 0.3) is 0 Å². The second kappa shape index (κ2) is 4.52. The van der Waals surface area contributed by atoms with E-state index in [0.29, 0.717) is 17.3 Å². The average Bonchev–Trinajstić information content (AvgIpc) is 2.11. The molecular weight excluding hydrogens is 184 g/mol. The van der Waals surface area contributed by atoms with Crippen LogP contribution in [0.3, 0.4) is 0 Å². The van der Waals surface area contributed by atoms with Gasteiger partial charge in [0.1, 0.15) is 0 Å². The van der Waals surface area contributed by atoms with Crippen LogP contribution in [0, 0.1) is 17.3 Å². The summed E-state index contributed by atoms with van der Waals surface area (Å²) in [5.41, 5.74) is 1.74. The van der Waals surface area contributed by atoms with Gasteiger partial charge in [-0.1, -0.05) is 44.6 Å². The second-order valence-electron chi connectivity index (χ2n) is 5.51. The van der Waals surface area contributed by atoms with Gasteiger partial charge in [0.2, 0.25) is 0 Å². The Morgan fingerprint density at radius 3 is 2.67 bits per heavy atom. The van der Waals surface area contributed by atoms with E-state index >= 15 is 0 Å². The van der Waals surface area contributed by atoms with Crippen molar-refractivity contribution >= 4 is 0 Å². The van der Waals surface area contributed by atoms with Gasteiger partial charge >= 0.3 is 0 Å². The molecule has 0 aliphatic heterocycles. The third kappa shape index (κ3) is 2.72. The Balaban J connectivity index is 2.92. The van der Waals surface area contributed by atoms with Crippen LogP contribution in [0.25, 0.3) is 0 Å². The summed E-state index contributed by atoms with van der Waals surface area (Å²) in [5, 5.41) is 9.30. The molecule has 0 saturated carbocycles. The van der Waals surface area contributed by atoms with Gasteiger partial charge in [-0.15, -0.1) is 0 Å². The SMILES string of the molecule is CC1=CC[C@@H](C)C(C)(C)[C@@H]1C=C[C@@H](C)O. The minimum absolute atomic E-state index is 0.296. The molecular formula is C14H24O. The van der Waals surface area contributed by atoms with Gasteiger partial charge in [0.05, 0.1) is 6.10 Å². The summed E-state index contributed by atoms with van der Waals surface area (Å²) in [7, 11) is 0. The van der Waals surface area contributed by atoms with Crippen LogP contribution >= 0.6 is 0 Å². The number of allylic oxidation sites excluding steroid dienone is 3. The zero-order valence-corrected chi connectivity index (χ0v) is 10.6. The molecule has 0 radical (unpaired) electrons. The van der Waals surface area contributed by atoms with E-state index in [9.17, 15) is 5.11 Å². The van der Waals surface area contributed by atoms with Crippen LogP contribution in [0.5, 0.6) is 0 Å². The number of aliphatic hydroxyl groups excluding tert-OH is 1. The molecule has 0 unspecified atom stereocenters. The molecule has 86 valence electrons. The smallest absolute Gasteiger partial charge is 0.0692 e. The first-order valence-electron chi connectivity index (χ1n) is 5.88. The highest BCUT2D eigenvalue weighted by molar-refractivity contribution is 5.20. The summed E-state index contributed by atoms with van der Waals surface area (Å²) >= 11 is 0. The Morgan fingerprint density at radius 2 is 2.13 bits per heavy atom. The fraction of sp³-hybridized carbons (Fsp3) is 0.714. The predicted octanol–water partition coefficient (Wildman–Crippen LogP) is 3.55. The summed E-state index contributed by atoms with van der Waals surface area (Å²) in [4.78, 5) is 0. The third-order valence-corrected chi connectivity index (χ3v) is 3.94. The Kier molecular flexibility index (Phi) is 3.77. The summed E-state index contributed by atoms with van der Waals surface area (Å²) in [6.07, 6.45) is 7.25. The maximum Gasteiger partial charge on any atom is 0.0692 e. The first kappa shape index (κ1) is 12.5. The lowest BCUT2D eigenvalue weighted by molar-refractivity contribution is 0.166. The van der Waals surface area contributed by atoms with E-state index in [2.05, 4.69) is 39.8 Å². The van der Waals surface area contributed by atoms with Crippen molar-refractivity contribution in [2.24, 2.45) is 17.3 Å². The van der Waals surface area contributed by atoms with E-state index in [0.717, 1.165) is 0 Å². The molecule has 0 aromatic carbocycles. The molecule has 1 heteroatoms. The van der Waals surface area contributed by atoms with Crippen molar-refractivity contribution < 1.29 is 5.11 Å². The van der Waals surface area contributed by atoms with E-state index < -0.39 is 0 Å². The first-order valence-corrected chi connectivity index (χ1v) is 5.88. The second-order valence-corrected chi connectivity index (χ2v) is 5.51. The van der Waals surface area contributed by atoms with E-state index in [1.54, 1.807) is 6.92 Å². The maximum absolute atomic E-state index is 9.30. The van der Waals surface area contributed by atoms with Crippen LogP contribution < -0.4 is 0 Å². The zero-order chi connectivity index (χ0) is 11.6. The van der Waals surface area contributed by atoms with Gasteiger partial charge in [0.15, 0.2) is 0 Å². The molecule has 0 spiro atoms. The van der Waals surface area contributed by atoms with Gasteiger partial charge in [-0.2, -0.15) is 0 Å². The molecule has 1 N–H and O–H groups in total. The largest absolute Gasteiger partial charge is 0.389 e. The minimum Gasteiger partial charge on any atom is -0.389 e. The van der Waals surface area contributed by atoms with Gasteiger partial charge in [-0.25, -0.2) is 0 Å². The lowest BCUT2D eigenvalue weighted by atomic mass is 9.63. The Morgan fingerprint density at radius 1 is 1.53 bits per heavy atom. The van der Waals surface area contributed by atoms with Gasteiger partial charge < -0.3 is 5.11 Å². The summed E-state index contributed by atoms with van der Waals surface area (Å²) < 4.78 is 0. The molecule has 0 aromatic rings. The average molecular weight is 208 g/mol. The van der Waals surface area contributed by atoms with Crippen molar-refractivity contribution in [3.63, 3.8) is 0 Å². The summed E-state index contributed by atoms with van der Waals surface area (Å²) in [5.74, 6) is 1.17. The fourth-order valence-electron chi connectivity index (χ4n) is 2.36. The standard InChI is InChI=1S/C14H24O/c1-10-6-7-11(2)14(4,5)13(10)9-8-12(3)15/h6,8-9,11-13,15H,7H2,1-5H3/t11-,12-,13-/m1/s1. The first-order chi connectivity index (χ1) is 6.85. The van der Waals surface area contributed by atoms with Crippen molar-refractivity contribution in [2.75, 3.05) is 0 Å². The normalized spacial score (nSPS) is 32.8. The van der Waals surface area contributed by atoms with Crippen LogP contribution in [-0.4, -0.2) is 11.2 Å². The molecule has 0 heterocycles. The summed E-state index contributed by atoms with van der Waals surface area (Å²) in [6.45, 7) is 11.0. The number of rotatable bonds is 2. The highest BCUT2D eigenvalue weighted by Gasteiger charge is 2.36. The van der Waals surface area contributed by atoms with E-state index in [1.807, 2.05) is 6.08 Å². The molecule has 0 bridgehead atoms. The van der Waals surface area contributed by atoms with Gasteiger partial charge in [-0.3, -0.25) is 0 Å². The van der Waals surface area contributed by atoms with Crippen LogP contribution in [0.4, 0.5) is 0 Å². The fourth-order valence-corrected chi connectivity index (χ4v) is 2.36. The molecule has 1 aliphatic carbocycles. The summed E-state index contributed by atoms with van der Waals surface area (Å²) in [6, 6.07) is 0. The Labute approximate surface area is 93.9 Å². The van der Waals surface area contributed by atoms with Crippen LogP contribution in [0.1, 0.15) is 41.0 Å². The minimum atomic E-state index is -0.342. The van der Waals surface area contributed by atoms with Crippen LogP contribution in [-0.2, 0) is 0 Å². The highest BCUT2D eigenvalue weighted by Crippen LogP contribution is 2.45. The Hall–Kier alpha value is -0.560. The molecule has 1 nitrogen and oxygen atoms in total. The lowest BCUT2D eigenvalue weighted by Crippen LogP contribution is -2.33. The molecule has 0 fully saturated rings. The topological polar surface area (TPSA) is 20.2 Å². The molecule has 15 heavy (non-hydrogen) atoms.